The lowest BCUT2D eigenvalue weighted by atomic mass is 9.62. The SMILES string of the molecule is CC#Cc1cc(C)c(C2C(=O)CC3(CCN(C(=O)C(F)(F)Cl)CC3)CC2=O)c(C)c1. The Bertz CT molecular complexity index is 920. The number of nitrogens with zero attached hydrogens (tertiary/aromatic N) is 1. The van der Waals surface area contributed by atoms with E-state index < -0.39 is 22.6 Å². The number of piperidine rings is 1. The number of hydrogen-bond acceptors (Lipinski definition) is 3. The minimum absolute atomic E-state index is 0.0643. The highest BCUT2D eigenvalue weighted by atomic mass is 35.5. The second-order valence-corrected chi connectivity index (χ2v) is 8.88. The highest BCUT2D eigenvalue weighted by molar-refractivity contribution is 6.32. The van der Waals surface area contributed by atoms with Crippen LogP contribution in [-0.4, -0.2) is 40.8 Å². The minimum atomic E-state index is -3.93. The van der Waals surface area contributed by atoms with Gasteiger partial charge in [-0.1, -0.05) is 5.92 Å². The molecule has 160 valence electrons. The maximum atomic E-state index is 13.1. The van der Waals surface area contributed by atoms with Gasteiger partial charge in [-0.05, 0) is 79.5 Å². The summed E-state index contributed by atoms with van der Waals surface area (Å²) in [6.45, 7) is 5.64. The molecule has 1 aliphatic carbocycles. The van der Waals surface area contributed by atoms with Gasteiger partial charge in [0, 0.05) is 31.5 Å². The van der Waals surface area contributed by atoms with E-state index in [0.717, 1.165) is 27.2 Å². The van der Waals surface area contributed by atoms with Crippen molar-refractivity contribution >= 4 is 29.1 Å². The average Bonchev–Trinajstić information content (AvgIpc) is 2.63. The number of amides is 1. The third-order valence-corrected chi connectivity index (χ3v) is 6.41. The van der Waals surface area contributed by atoms with Crippen LogP contribution in [0.4, 0.5) is 8.78 Å². The maximum Gasteiger partial charge on any atom is 0.399 e. The smallest absolute Gasteiger partial charge is 0.336 e. The number of halogens is 3. The third kappa shape index (κ3) is 4.27. The molecule has 2 aliphatic rings. The first-order valence-electron chi connectivity index (χ1n) is 9.93. The Morgan fingerprint density at radius 2 is 1.63 bits per heavy atom. The predicted octanol–water partition coefficient (Wildman–Crippen LogP) is 4.13. The molecule has 4 nitrogen and oxygen atoms in total. The Morgan fingerprint density at radius 3 is 2.07 bits per heavy atom. The zero-order valence-electron chi connectivity index (χ0n) is 17.3. The molecule has 0 atom stereocenters. The fourth-order valence-corrected chi connectivity index (χ4v) is 4.99. The number of Topliss-reactive ketones (excluding diaryl/α,β-unsaturated/α-hetero) is 2. The molecule has 1 aromatic rings. The molecule has 1 amide bonds. The summed E-state index contributed by atoms with van der Waals surface area (Å²) in [4.78, 5) is 38.9. The van der Waals surface area contributed by atoms with Crippen molar-refractivity contribution in [1.82, 2.24) is 4.90 Å². The van der Waals surface area contributed by atoms with Gasteiger partial charge in [0.2, 0.25) is 0 Å². The van der Waals surface area contributed by atoms with Gasteiger partial charge < -0.3 is 4.90 Å². The Kier molecular flexibility index (Phi) is 6.06. The lowest BCUT2D eigenvalue weighted by Crippen LogP contribution is -2.51. The van der Waals surface area contributed by atoms with E-state index in [1.165, 1.54) is 0 Å². The van der Waals surface area contributed by atoms with Gasteiger partial charge in [-0.2, -0.15) is 8.78 Å². The van der Waals surface area contributed by atoms with Gasteiger partial charge >= 0.3 is 11.3 Å². The van der Waals surface area contributed by atoms with Gasteiger partial charge in [-0.15, -0.1) is 5.92 Å². The number of aryl methyl sites for hydroxylation is 2. The van der Waals surface area contributed by atoms with Crippen molar-refractivity contribution in [2.45, 2.75) is 57.8 Å². The van der Waals surface area contributed by atoms with Gasteiger partial charge in [0.15, 0.2) is 0 Å². The Labute approximate surface area is 180 Å². The predicted molar refractivity (Wildman–Crippen MR) is 110 cm³/mol. The number of carbonyl (C=O) groups excluding carboxylic acids is 3. The molecule has 0 unspecified atom stereocenters. The zero-order chi connectivity index (χ0) is 22.3. The molecule has 2 fully saturated rings. The summed E-state index contributed by atoms with van der Waals surface area (Å²) in [6.07, 6.45) is 1.08. The fourth-order valence-electron chi connectivity index (χ4n) is 4.87. The van der Waals surface area contributed by atoms with Crippen LogP contribution in [0.1, 0.15) is 60.8 Å². The maximum absolute atomic E-state index is 13.1. The first kappa shape index (κ1) is 22.4. The standard InChI is InChI=1S/C23H24ClF2NO3/c1-4-5-16-10-14(2)19(15(3)11-16)20-17(28)12-22(13-18(20)29)6-8-27(9-7-22)21(30)23(24,25)26/h10-11,20H,6-9,12-13H2,1-3H3. The van der Waals surface area contributed by atoms with Crippen LogP contribution in [0.5, 0.6) is 0 Å². The number of carbonyl (C=O) groups is 3. The number of rotatable bonds is 2. The molecule has 1 spiro atoms. The van der Waals surface area contributed by atoms with Gasteiger partial charge in [-0.3, -0.25) is 14.4 Å². The molecule has 3 rings (SSSR count). The summed E-state index contributed by atoms with van der Waals surface area (Å²) >= 11 is 4.85. The average molecular weight is 436 g/mol. The van der Waals surface area contributed by atoms with Crippen molar-refractivity contribution in [3.8, 4) is 11.8 Å². The van der Waals surface area contributed by atoms with Crippen molar-refractivity contribution < 1.29 is 23.2 Å². The molecule has 0 radical (unpaired) electrons. The van der Waals surface area contributed by atoms with E-state index >= 15 is 0 Å². The van der Waals surface area contributed by atoms with Crippen LogP contribution in [0.15, 0.2) is 12.1 Å². The summed E-state index contributed by atoms with van der Waals surface area (Å²) in [5.74, 6) is 3.33. The van der Waals surface area contributed by atoms with Gasteiger partial charge in [0.1, 0.15) is 17.5 Å². The van der Waals surface area contributed by atoms with Crippen LogP contribution in [-0.2, 0) is 14.4 Å². The van der Waals surface area contributed by atoms with Gasteiger partial charge in [-0.25, -0.2) is 0 Å². The molecular formula is C23H24ClF2NO3. The topological polar surface area (TPSA) is 54.5 Å². The van der Waals surface area contributed by atoms with Crippen molar-refractivity contribution in [2.24, 2.45) is 5.41 Å². The number of alkyl halides is 3. The normalized spacial score (nSPS) is 19.6. The molecule has 1 heterocycles. The fraction of sp³-hybridized carbons (Fsp3) is 0.522. The summed E-state index contributed by atoms with van der Waals surface area (Å²) in [5, 5.41) is -3.93. The minimum Gasteiger partial charge on any atom is -0.336 e. The monoisotopic (exact) mass is 435 g/mol. The molecule has 0 N–H and O–H groups in total. The molecule has 1 saturated heterocycles. The first-order chi connectivity index (χ1) is 14.0. The van der Waals surface area contributed by atoms with Gasteiger partial charge in [0.05, 0.1) is 0 Å². The van der Waals surface area contributed by atoms with Crippen LogP contribution in [0, 0.1) is 31.1 Å². The largest absolute Gasteiger partial charge is 0.399 e. The van der Waals surface area contributed by atoms with Crippen molar-refractivity contribution in [1.29, 1.82) is 0 Å². The molecule has 0 aromatic heterocycles. The van der Waals surface area contributed by atoms with Crippen LogP contribution >= 0.6 is 11.6 Å². The quantitative estimate of drug-likeness (QED) is 0.398. The molecule has 1 saturated carbocycles. The second kappa shape index (κ2) is 8.11. The lowest BCUT2D eigenvalue weighted by molar-refractivity contribution is -0.150. The summed E-state index contributed by atoms with van der Waals surface area (Å²) in [7, 11) is 0. The van der Waals surface area contributed by atoms with Crippen molar-refractivity contribution in [2.75, 3.05) is 13.1 Å². The molecule has 30 heavy (non-hydrogen) atoms. The van der Waals surface area contributed by atoms with Crippen LogP contribution in [0.2, 0.25) is 0 Å². The van der Waals surface area contributed by atoms with E-state index in [0.29, 0.717) is 12.8 Å². The van der Waals surface area contributed by atoms with E-state index in [-0.39, 0.29) is 37.5 Å². The summed E-state index contributed by atoms with van der Waals surface area (Å²) < 4.78 is 26.2. The first-order valence-corrected chi connectivity index (χ1v) is 10.3. The summed E-state index contributed by atoms with van der Waals surface area (Å²) in [6, 6.07) is 3.78. The Balaban J connectivity index is 1.79. The van der Waals surface area contributed by atoms with Crippen LogP contribution < -0.4 is 0 Å². The van der Waals surface area contributed by atoms with Crippen LogP contribution in [0.3, 0.4) is 0 Å². The van der Waals surface area contributed by atoms with E-state index in [1.54, 1.807) is 6.92 Å². The molecule has 0 bridgehead atoms. The second-order valence-electron chi connectivity index (χ2n) is 8.41. The van der Waals surface area contributed by atoms with E-state index in [2.05, 4.69) is 11.8 Å². The van der Waals surface area contributed by atoms with Crippen LogP contribution in [0.25, 0.3) is 0 Å². The van der Waals surface area contributed by atoms with Crippen molar-refractivity contribution in [3.63, 3.8) is 0 Å². The number of benzene rings is 1. The molecule has 1 aromatic carbocycles. The highest BCUT2D eigenvalue weighted by Gasteiger charge is 2.49. The summed E-state index contributed by atoms with van der Waals surface area (Å²) in [5.41, 5.74) is 2.74. The van der Waals surface area contributed by atoms with Crippen molar-refractivity contribution in [3.05, 3.63) is 34.4 Å². The third-order valence-electron chi connectivity index (χ3n) is 6.25. The number of ketones is 2. The number of hydrogen-bond donors (Lipinski definition) is 0. The Morgan fingerprint density at radius 1 is 1.13 bits per heavy atom. The molecule has 7 heteroatoms. The van der Waals surface area contributed by atoms with E-state index in [9.17, 15) is 23.2 Å². The van der Waals surface area contributed by atoms with E-state index in [1.807, 2.05) is 26.0 Å². The lowest BCUT2D eigenvalue weighted by Gasteiger charge is -2.45. The highest BCUT2D eigenvalue weighted by Crippen LogP contribution is 2.47. The molecular weight excluding hydrogens is 412 g/mol. The van der Waals surface area contributed by atoms with E-state index in [4.69, 9.17) is 11.6 Å². The Hall–Kier alpha value is -2.26. The number of likely N-dealkylation sites (tertiary alicyclic amines) is 1. The molecule has 1 aliphatic heterocycles. The zero-order valence-corrected chi connectivity index (χ0v) is 18.0. The van der Waals surface area contributed by atoms with Gasteiger partial charge in [0.25, 0.3) is 0 Å².